The molecule has 2 aromatic carbocycles. The number of benzene rings is 2. The largest absolute Gasteiger partial charge is 0.497 e. The summed E-state index contributed by atoms with van der Waals surface area (Å²) in [5, 5.41) is 0. The van der Waals surface area contributed by atoms with Gasteiger partial charge in [0.15, 0.2) is 0 Å². The first-order chi connectivity index (χ1) is 14.6. The van der Waals surface area contributed by atoms with Crippen molar-refractivity contribution in [1.82, 2.24) is 0 Å². The lowest BCUT2D eigenvalue weighted by molar-refractivity contribution is -0.885. The van der Waals surface area contributed by atoms with Gasteiger partial charge >= 0.3 is 5.97 Å². The van der Waals surface area contributed by atoms with Gasteiger partial charge in [-0.1, -0.05) is 24.3 Å². The summed E-state index contributed by atoms with van der Waals surface area (Å²) in [5.74, 6) is -1.91. The van der Waals surface area contributed by atoms with Gasteiger partial charge < -0.3 is 9.47 Å². The molecule has 30 heavy (non-hydrogen) atoms. The standard InChI is InChI=1S/C23H20N2O5/c1-29-15-9-7-14(8-10-15)25-21(26)17-18(22(25)27)20(23(28)30-2)24-12-11-13-5-3-4-6-16(13)19(17)24/h3-12,17-20H,1-2H3/p+1/t17-,18+,19+,20-/m0/s1. The molecule has 2 saturated heterocycles. The van der Waals surface area contributed by atoms with E-state index in [4.69, 9.17) is 9.47 Å². The molecule has 3 aliphatic heterocycles. The highest BCUT2D eigenvalue weighted by Gasteiger charge is 2.68. The molecule has 0 bridgehead atoms. The van der Waals surface area contributed by atoms with Crippen LogP contribution in [-0.4, -0.2) is 38.0 Å². The fourth-order valence-electron chi connectivity index (χ4n) is 5.13. The van der Waals surface area contributed by atoms with Crippen molar-refractivity contribution in [2.45, 2.75) is 12.1 Å². The summed E-state index contributed by atoms with van der Waals surface area (Å²) in [4.78, 5) is 41.7. The number of rotatable bonds is 3. The minimum atomic E-state index is -0.775. The SMILES string of the molecule is COC(=O)[C@@H]1[C@@H]2C(=O)N(c3ccc(OC)cc3)C(=O)[C@@H]2[C@H]2c3ccccc3C=C[NH+]12. The molecule has 5 rings (SSSR count). The van der Waals surface area contributed by atoms with Crippen LogP contribution in [0.1, 0.15) is 17.2 Å². The second-order valence-electron chi connectivity index (χ2n) is 7.70. The van der Waals surface area contributed by atoms with Crippen LogP contribution in [0.3, 0.4) is 0 Å². The van der Waals surface area contributed by atoms with E-state index < -0.39 is 23.8 Å². The number of methoxy groups -OCH3 is 2. The van der Waals surface area contributed by atoms with Crippen LogP contribution in [-0.2, 0) is 19.1 Å². The lowest BCUT2D eigenvalue weighted by Crippen LogP contribution is -3.12. The molecule has 2 aromatic rings. The van der Waals surface area contributed by atoms with Gasteiger partial charge in [0.25, 0.3) is 0 Å². The smallest absolute Gasteiger partial charge is 0.365 e. The van der Waals surface area contributed by atoms with E-state index in [0.29, 0.717) is 11.4 Å². The Labute approximate surface area is 173 Å². The van der Waals surface area contributed by atoms with Crippen molar-refractivity contribution < 1.29 is 28.8 Å². The van der Waals surface area contributed by atoms with E-state index in [9.17, 15) is 14.4 Å². The second kappa shape index (κ2) is 6.81. The van der Waals surface area contributed by atoms with Crippen molar-refractivity contribution in [2.24, 2.45) is 11.8 Å². The number of hydrogen-bond acceptors (Lipinski definition) is 5. The van der Waals surface area contributed by atoms with Crippen molar-refractivity contribution in [1.29, 1.82) is 0 Å². The Morgan fingerprint density at radius 1 is 0.967 bits per heavy atom. The molecule has 0 saturated carbocycles. The molecule has 0 radical (unpaired) electrons. The van der Waals surface area contributed by atoms with E-state index in [1.54, 1.807) is 31.4 Å². The van der Waals surface area contributed by atoms with Crippen molar-refractivity contribution in [2.75, 3.05) is 19.1 Å². The maximum absolute atomic E-state index is 13.6. The Bertz CT molecular complexity index is 1080. The van der Waals surface area contributed by atoms with Crippen molar-refractivity contribution in [3.05, 3.63) is 65.9 Å². The molecule has 1 N–H and O–H groups in total. The number of esters is 1. The average molecular weight is 405 g/mol. The van der Waals surface area contributed by atoms with Crippen LogP contribution in [0, 0.1) is 11.8 Å². The Morgan fingerprint density at radius 3 is 2.37 bits per heavy atom. The van der Waals surface area contributed by atoms with Crippen LogP contribution in [0.25, 0.3) is 6.08 Å². The van der Waals surface area contributed by atoms with E-state index in [0.717, 1.165) is 16.0 Å². The molecule has 0 spiro atoms. The summed E-state index contributed by atoms with van der Waals surface area (Å²) in [6.45, 7) is 0. The molecule has 7 nitrogen and oxygen atoms in total. The van der Waals surface area contributed by atoms with E-state index in [-0.39, 0.29) is 17.9 Å². The van der Waals surface area contributed by atoms with Gasteiger partial charge in [-0.2, -0.15) is 0 Å². The van der Waals surface area contributed by atoms with E-state index in [1.807, 2.05) is 36.5 Å². The molecule has 2 amide bonds. The third-order valence-corrected chi connectivity index (χ3v) is 6.41. The van der Waals surface area contributed by atoms with Gasteiger partial charge in [-0.25, -0.2) is 9.69 Å². The van der Waals surface area contributed by atoms with E-state index >= 15 is 0 Å². The summed E-state index contributed by atoms with van der Waals surface area (Å²) in [6, 6.07) is 13.5. The van der Waals surface area contributed by atoms with Crippen LogP contribution >= 0.6 is 0 Å². The molecule has 0 aromatic heterocycles. The number of carbonyl (C=O) groups is 3. The van der Waals surface area contributed by atoms with Gasteiger partial charge in [0.05, 0.1) is 26.1 Å². The van der Waals surface area contributed by atoms with Gasteiger partial charge in [-0.3, -0.25) is 14.5 Å². The Hall–Kier alpha value is -3.45. The van der Waals surface area contributed by atoms with Crippen molar-refractivity contribution in [3.8, 4) is 5.75 Å². The average Bonchev–Trinajstić information content (AvgIpc) is 3.26. The third-order valence-electron chi connectivity index (χ3n) is 6.41. The number of nitrogens with zero attached hydrogens (tertiary/aromatic N) is 1. The number of nitrogens with one attached hydrogen (secondary N) is 1. The molecule has 3 heterocycles. The number of hydrogen-bond donors (Lipinski definition) is 1. The molecule has 0 aliphatic carbocycles. The lowest BCUT2D eigenvalue weighted by Gasteiger charge is -2.30. The first kappa shape index (κ1) is 18.6. The molecule has 152 valence electrons. The zero-order chi connectivity index (χ0) is 21.0. The first-order valence-corrected chi connectivity index (χ1v) is 9.80. The van der Waals surface area contributed by atoms with Crippen LogP contribution in [0.2, 0.25) is 0 Å². The summed E-state index contributed by atoms with van der Waals surface area (Å²) in [5.41, 5.74) is 2.44. The van der Waals surface area contributed by atoms with Crippen LogP contribution in [0.5, 0.6) is 5.75 Å². The maximum Gasteiger partial charge on any atom is 0.365 e. The predicted molar refractivity (Wildman–Crippen MR) is 107 cm³/mol. The van der Waals surface area contributed by atoms with Gasteiger partial charge in [-0.15, -0.1) is 0 Å². The predicted octanol–water partition coefficient (Wildman–Crippen LogP) is 0.966. The Morgan fingerprint density at radius 2 is 1.67 bits per heavy atom. The number of carbonyl (C=O) groups excluding carboxylic acids is 3. The second-order valence-corrected chi connectivity index (χ2v) is 7.70. The number of fused-ring (bicyclic) bond motifs is 5. The highest BCUT2D eigenvalue weighted by Crippen LogP contribution is 2.44. The Kier molecular flexibility index (Phi) is 4.22. The minimum Gasteiger partial charge on any atom is -0.497 e. The van der Waals surface area contributed by atoms with Gasteiger partial charge in [-0.05, 0) is 35.9 Å². The molecule has 2 fully saturated rings. The quantitative estimate of drug-likeness (QED) is 0.608. The summed E-state index contributed by atoms with van der Waals surface area (Å²) in [7, 11) is 2.87. The topological polar surface area (TPSA) is 77.3 Å². The van der Waals surface area contributed by atoms with E-state index in [1.165, 1.54) is 12.0 Å². The highest BCUT2D eigenvalue weighted by atomic mass is 16.5. The zero-order valence-electron chi connectivity index (χ0n) is 16.6. The van der Waals surface area contributed by atoms with Crippen LogP contribution in [0.15, 0.2) is 54.7 Å². The maximum atomic E-state index is 13.6. The molecule has 7 heteroatoms. The number of imide groups is 1. The zero-order valence-corrected chi connectivity index (χ0v) is 16.6. The normalized spacial score (nSPS) is 28.7. The fraction of sp³-hybridized carbons (Fsp3) is 0.261. The number of quaternary nitrogens is 1. The van der Waals surface area contributed by atoms with Crippen molar-refractivity contribution in [3.63, 3.8) is 0 Å². The molecule has 5 atom stereocenters. The van der Waals surface area contributed by atoms with Gasteiger partial charge in [0.1, 0.15) is 23.6 Å². The molecular weight excluding hydrogens is 384 g/mol. The minimum absolute atomic E-state index is 0.283. The van der Waals surface area contributed by atoms with E-state index in [2.05, 4.69) is 0 Å². The van der Waals surface area contributed by atoms with Crippen molar-refractivity contribution >= 4 is 29.5 Å². The monoisotopic (exact) mass is 405 g/mol. The van der Waals surface area contributed by atoms with Crippen LogP contribution < -0.4 is 14.5 Å². The molecular formula is C23H21N2O5+. The number of ether oxygens (including phenoxy) is 2. The number of amides is 2. The summed E-state index contributed by atoms with van der Waals surface area (Å²) in [6.07, 6.45) is 3.82. The lowest BCUT2D eigenvalue weighted by atomic mass is 9.84. The number of anilines is 1. The van der Waals surface area contributed by atoms with Gasteiger partial charge in [0, 0.05) is 5.56 Å². The summed E-state index contributed by atoms with van der Waals surface area (Å²) >= 11 is 0. The first-order valence-electron chi connectivity index (χ1n) is 9.80. The third kappa shape index (κ3) is 2.45. The molecule has 3 aliphatic rings. The Balaban J connectivity index is 1.62. The van der Waals surface area contributed by atoms with Gasteiger partial charge in [0.2, 0.25) is 17.9 Å². The van der Waals surface area contributed by atoms with Crippen LogP contribution in [0.4, 0.5) is 5.69 Å². The fourth-order valence-corrected chi connectivity index (χ4v) is 5.13. The highest BCUT2D eigenvalue weighted by molar-refractivity contribution is 6.23. The summed E-state index contributed by atoms with van der Waals surface area (Å²) < 4.78 is 10.2. The molecule has 1 unspecified atom stereocenters.